The van der Waals surface area contributed by atoms with E-state index >= 15 is 0 Å². The van der Waals surface area contributed by atoms with Crippen molar-refractivity contribution in [3.8, 4) is 0 Å². The first-order valence-corrected chi connectivity index (χ1v) is 7.42. The molecule has 2 heterocycles. The summed E-state index contributed by atoms with van der Waals surface area (Å²) in [5, 5.41) is 8.92. The highest BCUT2D eigenvalue weighted by atomic mass is 16.5. The molecule has 1 aromatic heterocycles. The number of carbonyl (C=O) groups is 2. The molecule has 0 saturated carbocycles. The molecule has 0 spiro atoms. The van der Waals surface area contributed by atoms with Gasteiger partial charge >= 0.3 is 5.97 Å². The van der Waals surface area contributed by atoms with Crippen molar-refractivity contribution in [2.24, 2.45) is 0 Å². The number of hydrogen-bond acceptors (Lipinski definition) is 6. The number of aromatic nitrogens is 1. The first-order valence-electron chi connectivity index (χ1n) is 7.42. The molecule has 0 unspecified atom stereocenters. The molecule has 7 nitrogen and oxygen atoms in total. The average Bonchev–Trinajstić information content (AvgIpc) is 2.55. The van der Waals surface area contributed by atoms with E-state index in [-0.39, 0.29) is 30.5 Å². The highest BCUT2D eigenvalue weighted by Gasteiger charge is 2.23. The Hall–Kier alpha value is -1.99. The first-order chi connectivity index (χ1) is 10.7. The zero-order valence-electron chi connectivity index (χ0n) is 12.7. The molecule has 22 heavy (non-hydrogen) atoms. The molecule has 1 saturated heterocycles. The maximum Gasteiger partial charge on any atom is 0.356 e. The molecule has 7 heteroatoms. The SMILES string of the molecule is CCOC(=O)c1cccc(C(=O)N2CCN(CCO)CC2)n1. The maximum absolute atomic E-state index is 12.4. The standard InChI is InChI=1S/C15H21N3O4/c1-2-22-15(21)13-5-3-4-12(16-13)14(20)18-8-6-17(7-9-18)10-11-19/h3-5,19H,2,6-11H2,1H3. The van der Waals surface area contributed by atoms with Crippen LogP contribution in [0.25, 0.3) is 0 Å². The lowest BCUT2D eigenvalue weighted by Gasteiger charge is -2.34. The summed E-state index contributed by atoms with van der Waals surface area (Å²) in [6.07, 6.45) is 0. The second-order valence-electron chi connectivity index (χ2n) is 4.99. The van der Waals surface area contributed by atoms with Crippen LogP contribution in [0.1, 0.15) is 27.9 Å². The van der Waals surface area contributed by atoms with Crippen molar-refractivity contribution in [1.29, 1.82) is 0 Å². The van der Waals surface area contributed by atoms with E-state index in [2.05, 4.69) is 9.88 Å². The molecule has 1 fully saturated rings. The summed E-state index contributed by atoms with van der Waals surface area (Å²) in [5.74, 6) is -0.709. The predicted molar refractivity (Wildman–Crippen MR) is 79.6 cm³/mol. The van der Waals surface area contributed by atoms with Crippen LogP contribution in [0.5, 0.6) is 0 Å². The second kappa shape index (κ2) is 7.86. The number of amides is 1. The van der Waals surface area contributed by atoms with Crippen LogP contribution in [-0.2, 0) is 4.74 Å². The molecule has 1 aromatic rings. The summed E-state index contributed by atoms with van der Waals surface area (Å²) >= 11 is 0. The molecule has 0 aliphatic carbocycles. The van der Waals surface area contributed by atoms with Crippen LogP contribution in [0.4, 0.5) is 0 Å². The van der Waals surface area contributed by atoms with Crippen LogP contribution in [0.15, 0.2) is 18.2 Å². The van der Waals surface area contributed by atoms with Gasteiger partial charge in [-0.15, -0.1) is 0 Å². The largest absolute Gasteiger partial charge is 0.461 e. The van der Waals surface area contributed by atoms with Crippen molar-refractivity contribution < 1.29 is 19.4 Å². The molecule has 0 aromatic carbocycles. The number of nitrogens with zero attached hydrogens (tertiary/aromatic N) is 3. The highest BCUT2D eigenvalue weighted by Crippen LogP contribution is 2.08. The molecular formula is C15H21N3O4. The molecule has 0 radical (unpaired) electrons. The fourth-order valence-electron chi connectivity index (χ4n) is 2.35. The maximum atomic E-state index is 12.4. The Morgan fingerprint density at radius 2 is 1.91 bits per heavy atom. The Morgan fingerprint density at radius 3 is 2.55 bits per heavy atom. The first kappa shape index (κ1) is 16.4. The van der Waals surface area contributed by atoms with E-state index in [1.165, 1.54) is 6.07 Å². The number of ether oxygens (including phenoxy) is 1. The minimum Gasteiger partial charge on any atom is -0.461 e. The van der Waals surface area contributed by atoms with Gasteiger partial charge in [0, 0.05) is 32.7 Å². The number of esters is 1. The molecule has 2 rings (SSSR count). The number of aliphatic hydroxyl groups excluding tert-OH is 1. The van der Waals surface area contributed by atoms with E-state index in [1.54, 1.807) is 24.0 Å². The summed E-state index contributed by atoms with van der Waals surface area (Å²) in [4.78, 5) is 32.0. The van der Waals surface area contributed by atoms with Crippen molar-refractivity contribution in [3.63, 3.8) is 0 Å². The normalized spacial score (nSPS) is 15.6. The van der Waals surface area contributed by atoms with Crippen molar-refractivity contribution in [2.75, 3.05) is 45.9 Å². The molecule has 120 valence electrons. The molecule has 1 amide bonds. The van der Waals surface area contributed by atoms with E-state index in [0.717, 1.165) is 13.1 Å². The molecule has 1 aliphatic heterocycles. The Bertz CT molecular complexity index is 527. The minimum absolute atomic E-state index is 0.122. The molecule has 0 bridgehead atoms. The molecule has 1 N–H and O–H groups in total. The lowest BCUT2D eigenvalue weighted by molar-refractivity contribution is 0.0519. The molecule has 1 aliphatic rings. The van der Waals surface area contributed by atoms with Crippen LogP contribution >= 0.6 is 0 Å². The van der Waals surface area contributed by atoms with Crippen molar-refractivity contribution in [2.45, 2.75) is 6.92 Å². The van der Waals surface area contributed by atoms with Gasteiger partial charge < -0.3 is 14.7 Å². The molecular weight excluding hydrogens is 286 g/mol. The number of carbonyl (C=O) groups excluding carboxylic acids is 2. The fourth-order valence-corrected chi connectivity index (χ4v) is 2.35. The summed E-state index contributed by atoms with van der Waals surface area (Å²) in [7, 11) is 0. The highest BCUT2D eigenvalue weighted by molar-refractivity contribution is 5.94. The van der Waals surface area contributed by atoms with Crippen LogP contribution in [0.2, 0.25) is 0 Å². The van der Waals surface area contributed by atoms with Gasteiger partial charge in [-0.25, -0.2) is 9.78 Å². The quantitative estimate of drug-likeness (QED) is 0.772. The summed E-state index contributed by atoms with van der Waals surface area (Å²) in [6.45, 7) is 5.36. The summed E-state index contributed by atoms with van der Waals surface area (Å²) < 4.78 is 4.89. The Balaban J connectivity index is 2.01. The van der Waals surface area contributed by atoms with E-state index in [1.807, 2.05) is 0 Å². The van der Waals surface area contributed by atoms with Crippen molar-refractivity contribution >= 4 is 11.9 Å². The smallest absolute Gasteiger partial charge is 0.356 e. The summed E-state index contributed by atoms with van der Waals surface area (Å²) in [6, 6.07) is 4.77. The number of hydrogen-bond donors (Lipinski definition) is 1. The second-order valence-corrected chi connectivity index (χ2v) is 4.99. The van der Waals surface area contributed by atoms with Crippen LogP contribution in [0.3, 0.4) is 0 Å². The van der Waals surface area contributed by atoms with Crippen LogP contribution in [-0.4, -0.2) is 77.7 Å². The number of piperazine rings is 1. The van der Waals surface area contributed by atoms with Gasteiger partial charge in [-0.2, -0.15) is 0 Å². The number of aliphatic hydroxyl groups is 1. The summed E-state index contributed by atoms with van der Waals surface area (Å²) in [5.41, 5.74) is 0.396. The number of pyridine rings is 1. The number of rotatable bonds is 5. The van der Waals surface area contributed by atoms with E-state index in [0.29, 0.717) is 19.6 Å². The van der Waals surface area contributed by atoms with Gasteiger partial charge in [0.05, 0.1) is 13.2 Å². The van der Waals surface area contributed by atoms with Gasteiger partial charge in [-0.05, 0) is 19.1 Å². The average molecular weight is 307 g/mol. The Morgan fingerprint density at radius 1 is 1.23 bits per heavy atom. The van der Waals surface area contributed by atoms with Crippen LogP contribution < -0.4 is 0 Å². The van der Waals surface area contributed by atoms with Gasteiger partial charge in [-0.3, -0.25) is 9.69 Å². The fraction of sp³-hybridized carbons (Fsp3) is 0.533. The van der Waals surface area contributed by atoms with E-state index in [9.17, 15) is 9.59 Å². The van der Waals surface area contributed by atoms with E-state index in [4.69, 9.17) is 9.84 Å². The Labute approximate surface area is 129 Å². The van der Waals surface area contributed by atoms with Crippen LogP contribution in [0, 0.1) is 0 Å². The minimum atomic E-state index is -0.523. The monoisotopic (exact) mass is 307 g/mol. The lowest BCUT2D eigenvalue weighted by atomic mass is 10.2. The topological polar surface area (TPSA) is 83.0 Å². The van der Waals surface area contributed by atoms with Crippen molar-refractivity contribution in [1.82, 2.24) is 14.8 Å². The van der Waals surface area contributed by atoms with Gasteiger partial charge in [-0.1, -0.05) is 6.07 Å². The number of β-amino-alcohol motifs (C(OH)–C–C–N with tert-alkyl or cyclic N) is 1. The lowest BCUT2D eigenvalue weighted by Crippen LogP contribution is -2.49. The van der Waals surface area contributed by atoms with Gasteiger partial charge in [0.25, 0.3) is 5.91 Å². The van der Waals surface area contributed by atoms with Crippen molar-refractivity contribution in [3.05, 3.63) is 29.6 Å². The zero-order chi connectivity index (χ0) is 15.9. The third-order valence-electron chi connectivity index (χ3n) is 3.53. The predicted octanol–water partition coefficient (Wildman–Crippen LogP) is 0.00840. The van der Waals surface area contributed by atoms with Gasteiger partial charge in [0.15, 0.2) is 0 Å². The zero-order valence-corrected chi connectivity index (χ0v) is 12.7. The van der Waals surface area contributed by atoms with E-state index < -0.39 is 5.97 Å². The Kier molecular flexibility index (Phi) is 5.85. The molecule has 0 atom stereocenters. The van der Waals surface area contributed by atoms with Gasteiger partial charge in [0.1, 0.15) is 11.4 Å². The van der Waals surface area contributed by atoms with Gasteiger partial charge in [0.2, 0.25) is 0 Å². The third-order valence-corrected chi connectivity index (χ3v) is 3.53. The third kappa shape index (κ3) is 4.02.